The topological polar surface area (TPSA) is 70.5 Å². The minimum Gasteiger partial charge on any atom is -0.357 e. The van der Waals surface area contributed by atoms with Gasteiger partial charge in [0.1, 0.15) is 11.7 Å². The number of benzene rings is 1. The summed E-state index contributed by atoms with van der Waals surface area (Å²) in [5, 5.41) is 6.85. The molecule has 2 amide bonds. The lowest BCUT2D eigenvalue weighted by atomic mass is 10.1. The number of nitrogens with one attached hydrogen (secondary N) is 1. The summed E-state index contributed by atoms with van der Waals surface area (Å²) in [5.74, 6) is -0.351. The number of nitrogens with zero attached hydrogens (tertiary/aromatic N) is 4. The van der Waals surface area contributed by atoms with E-state index in [1.54, 1.807) is 35.9 Å². The fourth-order valence-electron chi connectivity index (χ4n) is 3.14. The van der Waals surface area contributed by atoms with Gasteiger partial charge < -0.3 is 10.2 Å². The van der Waals surface area contributed by atoms with Crippen LogP contribution in [0.15, 0.2) is 42.6 Å². The first-order chi connectivity index (χ1) is 12.1. The Kier molecular flexibility index (Phi) is 5.14. The third-order valence-corrected chi connectivity index (χ3v) is 4.46. The Morgan fingerprint density at radius 3 is 2.60 bits per heavy atom. The molecular formula is C18H23N5O2. The van der Waals surface area contributed by atoms with Crippen molar-refractivity contribution in [3.8, 4) is 0 Å². The van der Waals surface area contributed by atoms with E-state index >= 15 is 0 Å². The van der Waals surface area contributed by atoms with Crippen LogP contribution in [0.25, 0.3) is 0 Å². The maximum atomic E-state index is 12.8. The molecule has 7 heteroatoms. The second kappa shape index (κ2) is 7.48. The van der Waals surface area contributed by atoms with Gasteiger partial charge in [0, 0.05) is 46.5 Å². The third kappa shape index (κ3) is 3.88. The highest BCUT2D eigenvalue weighted by molar-refractivity contribution is 5.96. The fourth-order valence-corrected chi connectivity index (χ4v) is 3.14. The summed E-state index contributed by atoms with van der Waals surface area (Å²) in [4.78, 5) is 29.0. The molecule has 25 heavy (non-hydrogen) atoms. The van der Waals surface area contributed by atoms with Crippen molar-refractivity contribution in [3.05, 3.63) is 53.9 Å². The van der Waals surface area contributed by atoms with Gasteiger partial charge in [0.05, 0.1) is 0 Å². The Hall–Kier alpha value is -2.67. The zero-order valence-corrected chi connectivity index (χ0v) is 14.6. The molecule has 0 radical (unpaired) electrons. The predicted molar refractivity (Wildman–Crippen MR) is 93.8 cm³/mol. The molecule has 2 aromatic rings. The van der Waals surface area contributed by atoms with E-state index in [1.807, 2.05) is 18.2 Å². The largest absolute Gasteiger partial charge is 0.357 e. The molecule has 3 rings (SSSR count). The van der Waals surface area contributed by atoms with Crippen LogP contribution in [0.2, 0.25) is 0 Å². The van der Waals surface area contributed by atoms with Crippen LogP contribution in [0.1, 0.15) is 16.1 Å². The molecule has 1 aromatic heterocycles. The first-order valence-electron chi connectivity index (χ1n) is 8.37. The van der Waals surface area contributed by atoms with Crippen LogP contribution in [-0.4, -0.2) is 64.1 Å². The number of aromatic nitrogens is 2. The molecule has 7 nitrogen and oxygen atoms in total. The van der Waals surface area contributed by atoms with Gasteiger partial charge >= 0.3 is 0 Å². The van der Waals surface area contributed by atoms with Gasteiger partial charge in [-0.3, -0.25) is 19.2 Å². The number of amides is 2. The molecule has 1 atom stereocenters. The molecule has 1 aliphatic heterocycles. The number of likely N-dealkylation sites (N-methyl/N-ethyl adjacent to an activating group) is 1. The predicted octanol–water partition coefficient (Wildman–Crippen LogP) is 0.493. The molecule has 1 unspecified atom stereocenters. The van der Waals surface area contributed by atoms with Crippen molar-refractivity contribution in [3.63, 3.8) is 0 Å². The van der Waals surface area contributed by atoms with Gasteiger partial charge in [-0.25, -0.2) is 0 Å². The molecule has 1 fully saturated rings. The maximum Gasteiger partial charge on any atom is 0.275 e. The van der Waals surface area contributed by atoms with Gasteiger partial charge in [-0.05, 0) is 11.6 Å². The highest BCUT2D eigenvalue weighted by Crippen LogP contribution is 2.16. The molecule has 0 aliphatic carbocycles. The molecule has 2 heterocycles. The van der Waals surface area contributed by atoms with E-state index in [4.69, 9.17) is 0 Å². The highest BCUT2D eigenvalue weighted by atomic mass is 16.2. The molecule has 1 aromatic carbocycles. The van der Waals surface area contributed by atoms with Crippen LogP contribution in [0.3, 0.4) is 0 Å². The van der Waals surface area contributed by atoms with E-state index < -0.39 is 6.04 Å². The summed E-state index contributed by atoms with van der Waals surface area (Å²) in [6.45, 7) is 2.49. The summed E-state index contributed by atoms with van der Waals surface area (Å²) in [7, 11) is 3.37. The van der Waals surface area contributed by atoms with E-state index in [0.717, 1.165) is 13.1 Å². The Labute approximate surface area is 147 Å². The standard InChI is InChI=1S/C18H23N5O2/c1-19-17(24)16-13-22(12-14-6-4-3-5-7-14)10-11-23(16)18(25)15-8-9-21(2)20-15/h3-9,16H,10-13H2,1-2H3,(H,19,24). The molecule has 0 spiro atoms. The van der Waals surface area contributed by atoms with Crippen LogP contribution in [0.4, 0.5) is 0 Å². The minimum absolute atomic E-state index is 0.151. The number of aryl methyl sites for hydroxylation is 1. The van der Waals surface area contributed by atoms with Crippen molar-refractivity contribution < 1.29 is 9.59 Å². The second-order valence-corrected chi connectivity index (χ2v) is 6.22. The fraction of sp³-hybridized carbons (Fsp3) is 0.389. The molecule has 132 valence electrons. The average molecular weight is 341 g/mol. The van der Waals surface area contributed by atoms with Crippen molar-refractivity contribution in [1.29, 1.82) is 0 Å². The molecule has 0 bridgehead atoms. The van der Waals surface area contributed by atoms with E-state index in [9.17, 15) is 9.59 Å². The molecular weight excluding hydrogens is 318 g/mol. The number of rotatable bonds is 4. The summed E-state index contributed by atoms with van der Waals surface area (Å²) < 4.78 is 1.59. The lowest BCUT2D eigenvalue weighted by molar-refractivity contribution is -0.127. The van der Waals surface area contributed by atoms with Gasteiger partial charge in [-0.15, -0.1) is 0 Å². The van der Waals surface area contributed by atoms with Crippen molar-refractivity contribution in [2.75, 3.05) is 26.7 Å². The first kappa shape index (κ1) is 17.2. The number of hydrogen-bond acceptors (Lipinski definition) is 4. The van der Waals surface area contributed by atoms with Crippen LogP contribution in [0.5, 0.6) is 0 Å². The number of hydrogen-bond donors (Lipinski definition) is 1. The summed E-state index contributed by atoms with van der Waals surface area (Å²) in [5.41, 5.74) is 1.57. The molecule has 1 N–H and O–H groups in total. The van der Waals surface area contributed by atoms with Crippen molar-refractivity contribution in [1.82, 2.24) is 24.9 Å². The third-order valence-electron chi connectivity index (χ3n) is 4.46. The Balaban J connectivity index is 1.74. The Morgan fingerprint density at radius 2 is 1.96 bits per heavy atom. The number of piperazine rings is 1. The minimum atomic E-state index is -0.517. The Bertz CT molecular complexity index is 743. The van der Waals surface area contributed by atoms with E-state index in [-0.39, 0.29) is 11.8 Å². The van der Waals surface area contributed by atoms with Crippen LogP contribution in [-0.2, 0) is 18.4 Å². The summed E-state index contributed by atoms with van der Waals surface area (Å²) in [6, 6.07) is 11.3. The molecule has 1 saturated heterocycles. The first-order valence-corrected chi connectivity index (χ1v) is 8.37. The van der Waals surface area contributed by atoms with Crippen LogP contribution in [0, 0.1) is 0 Å². The zero-order valence-electron chi connectivity index (χ0n) is 14.6. The monoisotopic (exact) mass is 341 g/mol. The summed E-state index contributed by atoms with van der Waals surface area (Å²) >= 11 is 0. The quantitative estimate of drug-likeness (QED) is 0.879. The van der Waals surface area contributed by atoms with Crippen molar-refractivity contribution in [2.24, 2.45) is 7.05 Å². The number of carbonyl (C=O) groups is 2. The van der Waals surface area contributed by atoms with E-state index in [2.05, 4.69) is 27.4 Å². The zero-order chi connectivity index (χ0) is 17.8. The smallest absolute Gasteiger partial charge is 0.275 e. The van der Waals surface area contributed by atoms with E-state index in [1.165, 1.54) is 5.56 Å². The normalized spacial score (nSPS) is 18.2. The van der Waals surface area contributed by atoms with Crippen LogP contribution >= 0.6 is 0 Å². The van der Waals surface area contributed by atoms with Crippen molar-refractivity contribution in [2.45, 2.75) is 12.6 Å². The summed E-state index contributed by atoms with van der Waals surface area (Å²) in [6.07, 6.45) is 1.73. The molecule has 0 saturated carbocycles. The van der Waals surface area contributed by atoms with Gasteiger partial charge in [0.2, 0.25) is 5.91 Å². The van der Waals surface area contributed by atoms with Gasteiger partial charge in [0.25, 0.3) is 5.91 Å². The van der Waals surface area contributed by atoms with E-state index in [0.29, 0.717) is 18.8 Å². The Morgan fingerprint density at radius 1 is 1.20 bits per heavy atom. The lowest BCUT2D eigenvalue weighted by Gasteiger charge is -2.40. The van der Waals surface area contributed by atoms with Gasteiger partial charge in [-0.2, -0.15) is 5.10 Å². The average Bonchev–Trinajstić information content (AvgIpc) is 3.07. The maximum absolute atomic E-state index is 12.8. The van der Waals surface area contributed by atoms with Gasteiger partial charge in [-0.1, -0.05) is 30.3 Å². The lowest BCUT2D eigenvalue weighted by Crippen LogP contribution is -2.60. The molecule has 1 aliphatic rings. The van der Waals surface area contributed by atoms with Gasteiger partial charge in [0.15, 0.2) is 0 Å². The number of carbonyl (C=O) groups excluding carboxylic acids is 2. The van der Waals surface area contributed by atoms with Crippen LogP contribution < -0.4 is 5.32 Å². The second-order valence-electron chi connectivity index (χ2n) is 6.22. The van der Waals surface area contributed by atoms with Crippen molar-refractivity contribution >= 4 is 11.8 Å². The SMILES string of the molecule is CNC(=O)C1CN(Cc2ccccc2)CCN1C(=O)c1ccn(C)n1. The highest BCUT2D eigenvalue weighted by Gasteiger charge is 2.35.